The van der Waals surface area contributed by atoms with Crippen molar-refractivity contribution < 1.29 is 0 Å². The highest BCUT2D eigenvalue weighted by Crippen LogP contribution is 2.39. The summed E-state index contributed by atoms with van der Waals surface area (Å²) in [5.41, 5.74) is 9.69. The summed E-state index contributed by atoms with van der Waals surface area (Å²) in [5.74, 6) is 1.91. The number of rotatable bonds is 5. The molecule has 12 rings (SSSR count). The van der Waals surface area contributed by atoms with Crippen LogP contribution in [-0.2, 0) is 0 Å². The Bertz CT molecular complexity index is 3450. The normalized spacial score (nSPS) is 11.8. The molecule has 12 aromatic rings. The van der Waals surface area contributed by atoms with E-state index in [1.54, 1.807) is 0 Å². The molecule has 270 valence electrons. The number of aromatic nitrogens is 5. The molecule has 0 aliphatic rings. The highest BCUT2D eigenvalue weighted by molar-refractivity contribution is 6.15. The van der Waals surface area contributed by atoms with Crippen LogP contribution in [0.3, 0.4) is 0 Å². The molecule has 5 heteroatoms. The zero-order valence-corrected chi connectivity index (χ0v) is 31.3. The minimum Gasteiger partial charge on any atom is -0.309 e. The van der Waals surface area contributed by atoms with Crippen LogP contribution in [0.25, 0.3) is 111 Å². The van der Waals surface area contributed by atoms with Gasteiger partial charge in [0.1, 0.15) is 0 Å². The Hall–Kier alpha value is -7.89. The van der Waals surface area contributed by atoms with Gasteiger partial charge in [-0.05, 0) is 76.1 Å². The second-order valence-corrected chi connectivity index (χ2v) is 14.9. The number of benzene rings is 9. The molecular formula is C53H33N5. The number of hydrogen-bond donors (Lipinski definition) is 0. The van der Waals surface area contributed by atoms with Crippen LogP contribution in [0.4, 0.5) is 0 Å². The summed E-state index contributed by atoms with van der Waals surface area (Å²) in [5, 5.41) is 9.49. The van der Waals surface area contributed by atoms with Crippen molar-refractivity contribution in [1.29, 1.82) is 0 Å². The third-order valence-electron chi connectivity index (χ3n) is 11.5. The molecule has 0 saturated carbocycles. The molecular weight excluding hydrogens is 707 g/mol. The molecule has 0 aliphatic heterocycles. The Morgan fingerprint density at radius 2 is 0.759 bits per heavy atom. The maximum atomic E-state index is 5.18. The SMILES string of the molecule is c1ccc(-c2nc(-c3ccccc3)nc(-c3cc(-n4c5ccccc5c5cc6ccc(-n7c8ccccc8c8ccccc87)cc6cc54)cc4ccccc34)n2)cc1. The standard InChI is InChI=1S/C53H33N5/c1-3-15-34(16-4-1)51-54-52(35-17-5-2-6-18-35)56-53(55-51)46-33-40(29-37-19-7-8-20-41(37)46)58-49-26-14-11-23-44(49)45-31-36-27-28-39(30-38(36)32-50(45)58)57-47-24-12-9-21-42(47)43-22-10-13-25-48(43)57/h1-33H. The fraction of sp³-hybridized carbons (Fsp3) is 0. The summed E-state index contributed by atoms with van der Waals surface area (Å²) in [6.45, 7) is 0. The largest absolute Gasteiger partial charge is 0.309 e. The maximum Gasteiger partial charge on any atom is 0.164 e. The molecule has 5 nitrogen and oxygen atoms in total. The molecule has 0 fully saturated rings. The van der Waals surface area contributed by atoms with Crippen molar-refractivity contribution in [1.82, 2.24) is 24.1 Å². The van der Waals surface area contributed by atoms with Crippen molar-refractivity contribution in [2.24, 2.45) is 0 Å². The van der Waals surface area contributed by atoms with Crippen molar-refractivity contribution in [2.75, 3.05) is 0 Å². The molecule has 0 unspecified atom stereocenters. The van der Waals surface area contributed by atoms with Crippen LogP contribution in [0.5, 0.6) is 0 Å². The second-order valence-electron chi connectivity index (χ2n) is 14.9. The molecule has 9 aromatic carbocycles. The van der Waals surface area contributed by atoms with E-state index in [4.69, 9.17) is 15.0 Å². The molecule has 3 aromatic heterocycles. The highest BCUT2D eigenvalue weighted by atomic mass is 15.0. The first-order valence-electron chi connectivity index (χ1n) is 19.6. The fourth-order valence-electron chi connectivity index (χ4n) is 8.86. The smallest absolute Gasteiger partial charge is 0.164 e. The lowest BCUT2D eigenvalue weighted by molar-refractivity contribution is 1.07. The quantitative estimate of drug-likeness (QED) is 0.177. The van der Waals surface area contributed by atoms with Crippen LogP contribution in [0.2, 0.25) is 0 Å². The van der Waals surface area contributed by atoms with Crippen LogP contribution >= 0.6 is 0 Å². The molecule has 3 heterocycles. The van der Waals surface area contributed by atoms with Crippen molar-refractivity contribution >= 4 is 65.2 Å². The molecule has 0 bridgehead atoms. The van der Waals surface area contributed by atoms with E-state index >= 15 is 0 Å². The fourth-order valence-corrected chi connectivity index (χ4v) is 8.86. The van der Waals surface area contributed by atoms with E-state index in [0.717, 1.165) is 49.9 Å². The van der Waals surface area contributed by atoms with Gasteiger partial charge in [0.15, 0.2) is 17.5 Å². The van der Waals surface area contributed by atoms with Crippen LogP contribution in [0, 0.1) is 0 Å². The van der Waals surface area contributed by atoms with E-state index in [-0.39, 0.29) is 0 Å². The van der Waals surface area contributed by atoms with Crippen LogP contribution in [-0.4, -0.2) is 24.1 Å². The summed E-state index contributed by atoms with van der Waals surface area (Å²) in [6.07, 6.45) is 0. The monoisotopic (exact) mass is 739 g/mol. The minimum atomic E-state index is 0.632. The van der Waals surface area contributed by atoms with Crippen LogP contribution in [0.1, 0.15) is 0 Å². The molecule has 0 N–H and O–H groups in total. The van der Waals surface area contributed by atoms with Gasteiger partial charge in [-0.25, -0.2) is 15.0 Å². The van der Waals surface area contributed by atoms with Gasteiger partial charge < -0.3 is 9.13 Å². The Balaban J connectivity index is 1.11. The topological polar surface area (TPSA) is 48.5 Å². The van der Waals surface area contributed by atoms with Gasteiger partial charge in [-0.2, -0.15) is 0 Å². The van der Waals surface area contributed by atoms with E-state index in [1.165, 1.54) is 43.4 Å². The molecule has 0 saturated heterocycles. The molecule has 0 atom stereocenters. The van der Waals surface area contributed by atoms with Crippen molar-refractivity contribution in [3.63, 3.8) is 0 Å². The molecule has 0 amide bonds. The summed E-state index contributed by atoms with van der Waals surface area (Å²) in [7, 11) is 0. The van der Waals surface area contributed by atoms with Gasteiger partial charge in [-0.3, -0.25) is 0 Å². The number of nitrogens with zero attached hydrogens (tertiary/aromatic N) is 5. The molecule has 0 radical (unpaired) electrons. The van der Waals surface area contributed by atoms with Gasteiger partial charge in [-0.15, -0.1) is 0 Å². The Morgan fingerprint density at radius 3 is 1.38 bits per heavy atom. The number of hydrogen-bond acceptors (Lipinski definition) is 3. The van der Waals surface area contributed by atoms with Crippen molar-refractivity contribution in [3.05, 3.63) is 200 Å². The first-order valence-corrected chi connectivity index (χ1v) is 19.6. The Morgan fingerprint density at radius 1 is 0.276 bits per heavy atom. The second kappa shape index (κ2) is 12.8. The molecule has 0 spiro atoms. The number of fused-ring (bicyclic) bond motifs is 8. The Labute approximate surface area is 333 Å². The van der Waals surface area contributed by atoms with Gasteiger partial charge in [0.2, 0.25) is 0 Å². The van der Waals surface area contributed by atoms with E-state index < -0.39 is 0 Å². The zero-order chi connectivity index (χ0) is 38.2. The third kappa shape index (κ3) is 5.07. The summed E-state index contributed by atoms with van der Waals surface area (Å²) >= 11 is 0. The predicted octanol–water partition coefficient (Wildman–Crippen LogP) is 13.4. The van der Waals surface area contributed by atoms with Crippen molar-refractivity contribution in [3.8, 4) is 45.5 Å². The predicted molar refractivity (Wildman–Crippen MR) is 240 cm³/mol. The molecule has 58 heavy (non-hydrogen) atoms. The van der Waals surface area contributed by atoms with Gasteiger partial charge in [0.25, 0.3) is 0 Å². The highest BCUT2D eigenvalue weighted by Gasteiger charge is 2.19. The Kier molecular flexibility index (Phi) is 7.16. The first kappa shape index (κ1) is 32.4. The van der Waals surface area contributed by atoms with Crippen molar-refractivity contribution in [2.45, 2.75) is 0 Å². The summed E-state index contributed by atoms with van der Waals surface area (Å²) in [6, 6.07) is 71.1. The van der Waals surface area contributed by atoms with E-state index in [9.17, 15) is 0 Å². The average molecular weight is 740 g/mol. The van der Waals surface area contributed by atoms with Gasteiger partial charge >= 0.3 is 0 Å². The summed E-state index contributed by atoms with van der Waals surface area (Å²) < 4.78 is 4.80. The zero-order valence-electron chi connectivity index (χ0n) is 31.3. The average Bonchev–Trinajstić information content (AvgIpc) is 3.80. The van der Waals surface area contributed by atoms with E-state index in [1.807, 2.05) is 36.4 Å². The summed E-state index contributed by atoms with van der Waals surface area (Å²) in [4.78, 5) is 15.4. The molecule has 0 aliphatic carbocycles. The van der Waals surface area contributed by atoms with Gasteiger partial charge in [0.05, 0.1) is 22.1 Å². The lowest BCUT2D eigenvalue weighted by Gasteiger charge is -2.15. The minimum absolute atomic E-state index is 0.632. The lowest BCUT2D eigenvalue weighted by Crippen LogP contribution is -2.02. The first-order chi connectivity index (χ1) is 28.7. The lowest BCUT2D eigenvalue weighted by atomic mass is 10.0. The third-order valence-corrected chi connectivity index (χ3v) is 11.5. The number of para-hydroxylation sites is 3. The van der Waals surface area contributed by atoms with Crippen LogP contribution in [0.15, 0.2) is 200 Å². The maximum absolute atomic E-state index is 5.18. The van der Waals surface area contributed by atoms with Gasteiger partial charge in [-0.1, -0.05) is 146 Å². The van der Waals surface area contributed by atoms with E-state index in [0.29, 0.717) is 17.5 Å². The van der Waals surface area contributed by atoms with Gasteiger partial charge in [0, 0.05) is 49.6 Å². The van der Waals surface area contributed by atoms with E-state index in [2.05, 4.69) is 173 Å². The van der Waals surface area contributed by atoms with Crippen LogP contribution < -0.4 is 0 Å².